The van der Waals surface area contributed by atoms with Crippen molar-refractivity contribution in [2.45, 2.75) is 70.6 Å². The molecule has 0 radical (unpaired) electrons. The molecule has 0 bridgehead atoms. The molecule has 1 rings (SSSR count). The van der Waals surface area contributed by atoms with Crippen LogP contribution in [-0.2, 0) is 4.74 Å². The molecule has 0 aromatic carbocycles. The molecule has 84 valence electrons. The number of hydrogen-bond donors (Lipinski definition) is 1. The van der Waals surface area contributed by atoms with Gasteiger partial charge >= 0.3 is 0 Å². The van der Waals surface area contributed by atoms with Gasteiger partial charge in [-0.3, -0.25) is 0 Å². The van der Waals surface area contributed by atoms with Gasteiger partial charge in [-0.25, -0.2) is 0 Å². The van der Waals surface area contributed by atoms with Crippen molar-refractivity contribution in [2.75, 3.05) is 7.11 Å². The highest BCUT2D eigenvalue weighted by atomic mass is 16.5. The van der Waals surface area contributed by atoms with Gasteiger partial charge in [0.15, 0.2) is 0 Å². The lowest BCUT2D eigenvalue weighted by molar-refractivity contribution is 0.0145. The Morgan fingerprint density at radius 3 is 2.64 bits per heavy atom. The maximum atomic E-state index is 5.26. The summed E-state index contributed by atoms with van der Waals surface area (Å²) in [5.74, 6) is 0. The first-order valence-electron chi connectivity index (χ1n) is 6.05. The van der Waals surface area contributed by atoms with Gasteiger partial charge in [-0.15, -0.1) is 0 Å². The van der Waals surface area contributed by atoms with Crippen LogP contribution in [0.4, 0.5) is 0 Å². The minimum Gasteiger partial charge on any atom is -0.381 e. The van der Waals surface area contributed by atoms with E-state index in [1.807, 2.05) is 7.11 Å². The van der Waals surface area contributed by atoms with Crippen LogP contribution in [0, 0.1) is 0 Å². The smallest absolute Gasteiger partial charge is 0.0601 e. The molecule has 1 saturated carbocycles. The standard InChI is InChI=1S/C12H25NO/c1-4-5-6-7-10(2)13-11-8-12(9-11)14-3/h10-13H,4-9H2,1-3H3. The Kier molecular flexibility index (Phi) is 5.49. The number of rotatable bonds is 7. The third-order valence-electron chi connectivity index (χ3n) is 3.19. The zero-order valence-corrected chi connectivity index (χ0v) is 9.88. The molecule has 0 amide bonds. The number of hydrogen-bond acceptors (Lipinski definition) is 2. The Balaban J connectivity index is 1.96. The fourth-order valence-electron chi connectivity index (χ4n) is 2.08. The summed E-state index contributed by atoms with van der Waals surface area (Å²) in [5.41, 5.74) is 0. The molecule has 1 N–H and O–H groups in total. The summed E-state index contributed by atoms with van der Waals surface area (Å²) in [6.45, 7) is 4.56. The van der Waals surface area contributed by atoms with Crippen LogP contribution in [0.1, 0.15) is 52.4 Å². The molecule has 1 fully saturated rings. The van der Waals surface area contributed by atoms with Gasteiger partial charge in [-0.1, -0.05) is 26.2 Å². The fourth-order valence-corrected chi connectivity index (χ4v) is 2.08. The molecule has 1 aliphatic rings. The van der Waals surface area contributed by atoms with E-state index in [1.165, 1.54) is 38.5 Å². The number of nitrogens with one attached hydrogen (secondary N) is 1. The Morgan fingerprint density at radius 2 is 2.07 bits per heavy atom. The highest BCUT2D eigenvalue weighted by Gasteiger charge is 2.29. The van der Waals surface area contributed by atoms with E-state index < -0.39 is 0 Å². The molecule has 0 spiro atoms. The molecule has 2 nitrogen and oxygen atoms in total. The number of ether oxygens (including phenoxy) is 1. The average Bonchev–Trinajstić information content (AvgIpc) is 2.11. The predicted octanol–water partition coefficient (Wildman–Crippen LogP) is 2.72. The van der Waals surface area contributed by atoms with Crippen LogP contribution < -0.4 is 5.32 Å². The zero-order valence-electron chi connectivity index (χ0n) is 9.88. The fraction of sp³-hybridized carbons (Fsp3) is 1.00. The summed E-state index contributed by atoms with van der Waals surface area (Å²) in [6.07, 6.45) is 8.31. The van der Waals surface area contributed by atoms with E-state index in [0.29, 0.717) is 12.1 Å². The van der Waals surface area contributed by atoms with E-state index in [9.17, 15) is 0 Å². The van der Waals surface area contributed by atoms with E-state index in [4.69, 9.17) is 4.74 Å². The molecule has 1 aliphatic carbocycles. The maximum Gasteiger partial charge on any atom is 0.0601 e. The van der Waals surface area contributed by atoms with Gasteiger partial charge in [0.05, 0.1) is 6.10 Å². The minimum atomic E-state index is 0.523. The molecular weight excluding hydrogens is 174 g/mol. The summed E-state index contributed by atoms with van der Waals surface area (Å²) in [4.78, 5) is 0. The zero-order chi connectivity index (χ0) is 10.4. The van der Waals surface area contributed by atoms with Crippen molar-refractivity contribution in [3.05, 3.63) is 0 Å². The molecule has 0 aliphatic heterocycles. The average molecular weight is 199 g/mol. The lowest BCUT2D eigenvalue weighted by Gasteiger charge is -2.36. The Morgan fingerprint density at radius 1 is 1.36 bits per heavy atom. The molecule has 0 saturated heterocycles. The van der Waals surface area contributed by atoms with Crippen molar-refractivity contribution in [3.63, 3.8) is 0 Å². The van der Waals surface area contributed by atoms with Gasteiger partial charge in [-0.05, 0) is 26.2 Å². The molecule has 14 heavy (non-hydrogen) atoms. The van der Waals surface area contributed by atoms with Crippen molar-refractivity contribution in [1.29, 1.82) is 0 Å². The monoisotopic (exact) mass is 199 g/mol. The summed E-state index contributed by atoms with van der Waals surface area (Å²) in [7, 11) is 1.81. The van der Waals surface area contributed by atoms with Gasteiger partial charge in [0.25, 0.3) is 0 Å². The van der Waals surface area contributed by atoms with Gasteiger partial charge in [0.2, 0.25) is 0 Å². The van der Waals surface area contributed by atoms with E-state index in [1.54, 1.807) is 0 Å². The van der Waals surface area contributed by atoms with E-state index in [2.05, 4.69) is 19.2 Å². The largest absolute Gasteiger partial charge is 0.381 e. The third-order valence-corrected chi connectivity index (χ3v) is 3.19. The van der Waals surface area contributed by atoms with E-state index >= 15 is 0 Å². The van der Waals surface area contributed by atoms with Crippen molar-refractivity contribution in [2.24, 2.45) is 0 Å². The molecule has 0 heterocycles. The molecular formula is C12H25NO. The third kappa shape index (κ3) is 3.97. The molecule has 1 unspecified atom stereocenters. The van der Waals surface area contributed by atoms with Crippen molar-refractivity contribution >= 4 is 0 Å². The maximum absolute atomic E-state index is 5.26. The topological polar surface area (TPSA) is 21.3 Å². The molecule has 0 aromatic rings. The van der Waals surface area contributed by atoms with Crippen LogP contribution >= 0.6 is 0 Å². The van der Waals surface area contributed by atoms with Gasteiger partial charge in [-0.2, -0.15) is 0 Å². The second-order valence-corrected chi connectivity index (χ2v) is 4.59. The Labute approximate surface area is 88.4 Å². The highest BCUT2D eigenvalue weighted by Crippen LogP contribution is 2.23. The Bertz CT molecular complexity index is 143. The van der Waals surface area contributed by atoms with Gasteiger partial charge in [0, 0.05) is 19.2 Å². The lowest BCUT2D eigenvalue weighted by atomic mass is 9.88. The second kappa shape index (κ2) is 6.41. The van der Waals surface area contributed by atoms with Gasteiger partial charge in [0.1, 0.15) is 0 Å². The molecule has 2 heteroatoms. The van der Waals surface area contributed by atoms with Gasteiger partial charge < -0.3 is 10.1 Å². The Hall–Kier alpha value is -0.0800. The summed E-state index contributed by atoms with van der Waals surface area (Å²) in [6, 6.07) is 1.40. The summed E-state index contributed by atoms with van der Waals surface area (Å²) in [5, 5.41) is 3.66. The SMILES string of the molecule is CCCCCC(C)NC1CC(OC)C1. The first-order valence-corrected chi connectivity index (χ1v) is 6.05. The molecule has 0 aromatic heterocycles. The van der Waals surface area contributed by atoms with E-state index in [-0.39, 0.29) is 0 Å². The minimum absolute atomic E-state index is 0.523. The number of methoxy groups -OCH3 is 1. The second-order valence-electron chi connectivity index (χ2n) is 4.59. The summed E-state index contributed by atoms with van der Waals surface area (Å²) >= 11 is 0. The normalized spacial score (nSPS) is 28.5. The molecule has 1 atom stereocenters. The van der Waals surface area contributed by atoms with Crippen LogP contribution in [0.3, 0.4) is 0 Å². The first-order chi connectivity index (χ1) is 6.76. The lowest BCUT2D eigenvalue weighted by Crippen LogP contribution is -2.48. The van der Waals surface area contributed by atoms with Crippen molar-refractivity contribution in [3.8, 4) is 0 Å². The van der Waals surface area contributed by atoms with Crippen LogP contribution in [0.25, 0.3) is 0 Å². The first kappa shape index (κ1) is 12.0. The van der Waals surface area contributed by atoms with Crippen LogP contribution in [0.15, 0.2) is 0 Å². The van der Waals surface area contributed by atoms with Crippen molar-refractivity contribution < 1.29 is 4.74 Å². The van der Waals surface area contributed by atoms with Crippen LogP contribution in [0.2, 0.25) is 0 Å². The van der Waals surface area contributed by atoms with Crippen molar-refractivity contribution in [1.82, 2.24) is 5.32 Å². The summed E-state index contributed by atoms with van der Waals surface area (Å²) < 4.78 is 5.26. The predicted molar refractivity (Wildman–Crippen MR) is 60.6 cm³/mol. The quantitative estimate of drug-likeness (QED) is 0.637. The highest BCUT2D eigenvalue weighted by molar-refractivity contribution is 4.87. The van der Waals surface area contributed by atoms with E-state index in [0.717, 1.165) is 6.04 Å². The van der Waals surface area contributed by atoms with Crippen LogP contribution in [0.5, 0.6) is 0 Å². The van der Waals surface area contributed by atoms with Crippen LogP contribution in [-0.4, -0.2) is 25.3 Å². The number of unbranched alkanes of at least 4 members (excludes halogenated alkanes) is 2.